The van der Waals surface area contributed by atoms with Crippen molar-refractivity contribution in [3.05, 3.63) is 139 Å². The van der Waals surface area contributed by atoms with Crippen LogP contribution < -0.4 is 9.47 Å². The zero-order valence-corrected chi connectivity index (χ0v) is 25.3. The molecule has 0 N–H and O–H groups in total. The van der Waals surface area contributed by atoms with Crippen LogP contribution in [0, 0.1) is 71.6 Å². The van der Waals surface area contributed by atoms with Crippen LogP contribution in [0.5, 0.6) is 11.5 Å². The van der Waals surface area contributed by atoms with Gasteiger partial charge in [-0.1, -0.05) is 24.3 Å². The van der Waals surface area contributed by atoms with Crippen molar-refractivity contribution in [3.8, 4) is 58.0 Å². The molecule has 0 saturated heterocycles. The molecular formula is C36H8F6N8O2. The fraction of sp³-hybridized carbons (Fsp3) is 0.0556. The lowest BCUT2D eigenvalue weighted by Gasteiger charge is -2.24. The molecule has 0 unspecified atom stereocenters. The number of alkyl halides is 6. The number of hydrogen-bond acceptors (Lipinski definition) is 6. The van der Waals surface area contributed by atoms with E-state index < -0.39 is 69.3 Å². The van der Waals surface area contributed by atoms with Crippen LogP contribution in [0.1, 0.15) is 22.3 Å². The van der Waals surface area contributed by atoms with Crippen molar-refractivity contribution < 1.29 is 35.8 Å². The van der Waals surface area contributed by atoms with Crippen molar-refractivity contribution in [3.63, 3.8) is 0 Å². The van der Waals surface area contributed by atoms with Gasteiger partial charge >= 0.3 is 12.7 Å². The van der Waals surface area contributed by atoms with E-state index in [4.69, 9.17) is 26.3 Å². The summed E-state index contributed by atoms with van der Waals surface area (Å²) >= 11 is 0. The van der Waals surface area contributed by atoms with Crippen LogP contribution >= 0.6 is 0 Å². The molecule has 0 atom stereocenters. The predicted molar refractivity (Wildman–Crippen MR) is 167 cm³/mol. The summed E-state index contributed by atoms with van der Waals surface area (Å²) in [7, 11) is 0. The summed E-state index contributed by atoms with van der Waals surface area (Å²) in [6.45, 7) is 31.5. The number of hydrogen-bond donors (Lipinski definition) is 0. The Morgan fingerprint density at radius 2 is 0.923 bits per heavy atom. The Labute approximate surface area is 289 Å². The minimum absolute atomic E-state index is 0.0493. The average Bonchev–Trinajstić information content (AvgIpc) is 3.60. The molecule has 2 aliphatic carbocycles. The molecule has 0 fully saturated rings. The van der Waals surface area contributed by atoms with E-state index in [1.165, 1.54) is 0 Å². The van der Waals surface area contributed by atoms with E-state index in [0.29, 0.717) is 0 Å². The molecule has 10 nitrogen and oxygen atoms in total. The number of nitrogens with zero attached hydrogens (tertiary/aromatic N) is 8. The van der Waals surface area contributed by atoms with Gasteiger partial charge in [0.25, 0.3) is 11.4 Å². The lowest BCUT2D eigenvalue weighted by Crippen LogP contribution is -2.17. The Hall–Kier alpha value is -8.28. The molecule has 0 heterocycles. The summed E-state index contributed by atoms with van der Waals surface area (Å²) in [5, 5.41) is 40.8. The first-order valence-corrected chi connectivity index (χ1v) is 13.8. The molecule has 3 aromatic carbocycles. The van der Waals surface area contributed by atoms with Crippen LogP contribution in [0.3, 0.4) is 0 Å². The third-order valence-corrected chi connectivity index (χ3v) is 7.56. The Morgan fingerprint density at radius 1 is 0.519 bits per heavy atom. The predicted octanol–water partition coefficient (Wildman–Crippen LogP) is 9.46. The van der Waals surface area contributed by atoms with Crippen molar-refractivity contribution >= 4 is 22.4 Å². The summed E-state index contributed by atoms with van der Waals surface area (Å²) in [5.74, 6) is -1.37. The highest BCUT2D eigenvalue weighted by molar-refractivity contribution is 6.22. The van der Waals surface area contributed by atoms with E-state index in [0.717, 1.165) is 48.5 Å². The van der Waals surface area contributed by atoms with Crippen LogP contribution in [-0.2, 0) is 0 Å². The first-order valence-electron chi connectivity index (χ1n) is 13.8. The third kappa shape index (κ3) is 5.75. The molecule has 52 heavy (non-hydrogen) atoms. The molecule has 0 spiro atoms. The fourth-order valence-electron chi connectivity index (χ4n) is 5.87. The van der Waals surface area contributed by atoms with E-state index >= 15 is 0 Å². The Bertz CT molecular complexity index is 2390. The third-order valence-electron chi connectivity index (χ3n) is 7.56. The van der Waals surface area contributed by atoms with E-state index in [1.54, 1.807) is 18.2 Å². The molecule has 0 saturated carbocycles. The van der Waals surface area contributed by atoms with Crippen molar-refractivity contribution in [1.82, 2.24) is 0 Å². The molecule has 0 bridgehead atoms. The molecule has 246 valence electrons. The summed E-state index contributed by atoms with van der Waals surface area (Å²) in [4.78, 5) is 13.4. The minimum Gasteiger partial charge on any atom is -0.406 e. The van der Waals surface area contributed by atoms with Crippen molar-refractivity contribution in [2.75, 3.05) is 0 Å². The number of benzene rings is 3. The summed E-state index contributed by atoms with van der Waals surface area (Å²) < 4.78 is 86.2. The van der Waals surface area contributed by atoms with Crippen LogP contribution in [0.25, 0.3) is 64.1 Å². The Morgan fingerprint density at radius 3 is 1.29 bits per heavy atom. The first kappa shape index (κ1) is 35.0. The SMILES string of the molecule is [C-]#[N+]C1=C([N+]#[C-])c2c(c(-c3ccc(OC(F)(F)F)cc3)c3c(c2-c2ccc(OC(F)(F)F)cc2)/C(=C(/C#N)[N+]#[C-])C(C#N)=C3C#N)/C1=C(\C#N)[N+]#[C-]. The maximum Gasteiger partial charge on any atom is 0.573 e. The number of fused-ring (bicyclic) bond motifs is 2. The number of halogens is 6. The van der Waals surface area contributed by atoms with Gasteiger partial charge in [-0.25, -0.2) is 25.1 Å². The van der Waals surface area contributed by atoms with E-state index in [2.05, 4.69) is 28.9 Å². The lowest BCUT2D eigenvalue weighted by atomic mass is 9.79. The highest BCUT2D eigenvalue weighted by atomic mass is 19.4. The van der Waals surface area contributed by atoms with Gasteiger partial charge in [-0.3, -0.25) is 4.85 Å². The quantitative estimate of drug-likeness (QED) is 0.152. The van der Waals surface area contributed by atoms with Crippen molar-refractivity contribution in [2.24, 2.45) is 0 Å². The number of rotatable bonds is 4. The molecular weight excluding hydrogens is 690 g/mol. The Kier molecular flexibility index (Phi) is 8.74. The maximum absolute atomic E-state index is 13.0. The Balaban J connectivity index is 2.13. The van der Waals surface area contributed by atoms with Gasteiger partial charge in [-0.15, -0.1) is 26.3 Å². The zero-order valence-electron chi connectivity index (χ0n) is 25.3. The fourth-order valence-corrected chi connectivity index (χ4v) is 5.87. The molecule has 16 heteroatoms. The second-order valence-electron chi connectivity index (χ2n) is 10.2. The monoisotopic (exact) mass is 698 g/mol. The standard InChI is InChI=1S/C36H8F6N8O2/c1-47-23(15-45)27-21(13-43)22(14-44)28-25(17-5-9-19(10-6-17)51-35(37,38)39)31-29(24(16-46)48-2)33(49-3)34(50-4)32(31)26(30(27)28)18-7-11-20(12-8-18)52-36(40,41)42/h5-12H/b27-23-,29-24-. The van der Waals surface area contributed by atoms with Crippen LogP contribution in [0.4, 0.5) is 26.3 Å². The van der Waals surface area contributed by atoms with Crippen LogP contribution in [0.15, 0.2) is 71.2 Å². The smallest absolute Gasteiger partial charge is 0.406 e. The highest BCUT2D eigenvalue weighted by Crippen LogP contribution is 2.60. The second-order valence-corrected chi connectivity index (χ2v) is 10.2. The van der Waals surface area contributed by atoms with Crippen LogP contribution in [0.2, 0.25) is 0 Å². The van der Waals surface area contributed by atoms with Crippen LogP contribution in [-0.4, -0.2) is 12.7 Å². The zero-order chi connectivity index (χ0) is 38.1. The number of ether oxygens (including phenoxy) is 2. The summed E-state index contributed by atoms with van der Waals surface area (Å²) in [6.07, 6.45) is -10.2. The van der Waals surface area contributed by atoms with Gasteiger partial charge in [0.1, 0.15) is 17.6 Å². The topological polar surface area (TPSA) is 131 Å². The summed E-state index contributed by atoms with van der Waals surface area (Å²) in [6, 6.07) is 14.9. The molecule has 0 aliphatic heterocycles. The number of nitriles is 4. The summed E-state index contributed by atoms with van der Waals surface area (Å²) in [5.41, 5.74) is -5.71. The van der Waals surface area contributed by atoms with Gasteiger partial charge < -0.3 is 9.47 Å². The van der Waals surface area contributed by atoms with Crippen molar-refractivity contribution in [2.45, 2.75) is 12.7 Å². The first-order chi connectivity index (χ1) is 24.7. The largest absolute Gasteiger partial charge is 0.573 e. The average molecular weight is 699 g/mol. The van der Waals surface area contributed by atoms with Crippen molar-refractivity contribution in [1.29, 1.82) is 21.0 Å². The normalized spacial score (nSPS) is 14.9. The van der Waals surface area contributed by atoms with E-state index in [9.17, 15) is 47.4 Å². The lowest BCUT2D eigenvalue weighted by molar-refractivity contribution is -0.275. The minimum atomic E-state index is -5.09. The molecule has 2 aliphatic rings. The molecule has 3 aromatic rings. The van der Waals surface area contributed by atoms with E-state index in [1.807, 2.05) is 6.07 Å². The second kappa shape index (κ2) is 13.0. The maximum atomic E-state index is 13.0. The number of allylic oxidation sites excluding steroid dienone is 6. The molecule has 0 amide bonds. The van der Waals surface area contributed by atoms with Gasteiger partial charge in [0.15, 0.2) is 5.70 Å². The van der Waals surface area contributed by atoms with Gasteiger partial charge in [0, 0.05) is 11.1 Å². The molecule has 0 radical (unpaired) electrons. The van der Waals surface area contributed by atoms with E-state index in [-0.39, 0.29) is 44.5 Å². The molecule has 5 rings (SSSR count). The van der Waals surface area contributed by atoms with Gasteiger partial charge in [-0.05, 0) is 68.8 Å². The highest BCUT2D eigenvalue weighted by Gasteiger charge is 2.43. The van der Waals surface area contributed by atoms with Gasteiger partial charge in [-0.2, -0.15) is 10.5 Å². The van der Waals surface area contributed by atoms with Gasteiger partial charge in [0.2, 0.25) is 5.70 Å². The van der Waals surface area contributed by atoms with Gasteiger partial charge in [0.05, 0.1) is 55.6 Å². The molecule has 0 aromatic heterocycles.